The highest BCUT2D eigenvalue weighted by Gasteiger charge is 2.34. The van der Waals surface area contributed by atoms with E-state index in [4.69, 9.17) is 4.74 Å². The minimum atomic E-state index is -3.40. The van der Waals surface area contributed by atoms with Crippen LogP contribution >= 0.6 is 0 Å². The Morgan fingerprint density at radius 2 is 2.10 bits per heavy atom. The van der Waals surface area contributed by atoms with E-state index in [9.17, 15) is 8.42 Å². The average Bonchev–Trinajstić information content (AvgIpc) is 2.82. The van der Waals surface area contributed by atoms with E-state index in [2.05, 4.69) is 23.9 Å². The summed E-state index contributed by atoms with van der Waals surface area (Å²) in [5.41, 5.74) is 0. The molecule has 0 radical (unpaired) electrons. The normalized spacial score (nSPS) is 31.9. The Bertz CT molecular complexity index is 427. The van der Waals surface area contributed by atoms with Crippen molar-refractivity contribution < 1.29 is 13.2 Å². The minimum Gasteiger partial charge on any atom is -0.377 e. The molecule has 6 nitrogen and oxygen atoms in total. The van der Waals surface area contributed by atoms with E-state index in [0.29, 0.717) is 31.7 Å². The van der Waals surface area contributed by atoms with E-state index in [1.54, 1.807) is 4.31 Å². The molecule has 2 fully saturated rings. The van der Waals surface area contributed by atoms with Gasteiger partial charge in [0.25, 0.3) is 10.2 Å². The van der Waals surface area contributed by atoms with Gasteiger partial charge in [-0.2, -0.15) is 17.4 Å². The molecule has 0 amide bonds. The summed E-state index contributed by atoms with van der Waals surface area (Å²) in [5.74, 6) is 0.398. The van der Waals surface area contributed by atoms with Crippen LogP contribution in [0.5, 0.6) is 0 Å². The van der Waals surface area contributed by atoms with Gasteiger partial charge < -0.3 is 10.1 Å². The van der Waals surface area contributed by atoms with Gasteiger partial charge in [-0.05, 0) is 38.6 Å². The molecule has 21 heavy (non-hydrogen) atoms. The first kappa shape index (κ1) is 17.1. The number of hydrogen-bond acceptors (Lipinski definition) is 4. The molecule has 0 saturated carbocycles. The molecule has 3 unspecified atom stereocenters. The molecule has 2 aliphatic rings. The second-order valence-electron chi connectivity index (χ2n) is 6.52. The van der Waals surface area contributed by atoms with Gasteiger partial charge in [0.2, 0.25) is 0 Å². The SMILES string of the molecule is CC(C)NCC1CCCN(S(=O)(=O)NC2CCOC2C)C1. The fraction of sp³-hybridized carbons (Fsp3) is 1.00. The highest BCUT2D eigenvalue weighted by atomic mass is 32.2. The molecule has 0 spiro atoms. The molecule has 2 heterocycles. The largest absolute Gasteiger partial charge is 0.377 e. The van der Waals surface area contributed by atoms with E-state index in [-0.39, 0.29) is 12.1 Å². The minimum absolute atomic E-state index is 0.0389. The van der Waals surface area contributed by atoms with Crippen LogP contribution in [0.4, 0.5) is 0 Å². The second kappa shape index (κ2) is 7.37. The van der Waals surface area contributed by atoms with Crippen molar-refractivity contribution in [3.8, 4) is 0 Å². The molecule has 2 aliphatic heterocycles. The van der Waals surface area contributed by atoms with Crippen molar-refractivity contribution in [1.29, 1.82) is 0 Å². The van der Waals surface area contributed by atoms with E-state index >= 15 is 0 Å². The van der Waals surface area contributed by atoms with Gasteiger partial charge in [0.05, 0.1) is 12.1 Å². The number of nitrogens with one attached hydrogen (secondary N) is 2. The van der Waals surface area contributed by atoms with Gasteiger partial charge in [-0.25, -0.2) is 0 Å². The topological polar surface area (TPSA) is 70.7 Å². The van der Waals surface area contributed by atoms with Crippen LogP contribution in [-0.2, 0) is 14.9 Å². The molecular weight excluding hydrogens is 290 g/mol. The fourth-order valence-corrected chi connectivity index (χ4v) is 4.58. The summed E-state index contributed by atoms with van der Waals surface area (Å²) in [6.45, 7) is 8.89. The lowest BCUT2D eigenvalue weighted by atomic mass is 9.99. The fourth-order valence-electron chi connectivity index (χ4n) is 2.97. The van der Waals surface area contributed by atoms with E-state index in [1.807, 2.05) is 6.92 Å². The lowest BCUT2D eigenvalue weighted by Crippen LogP contribution is -2.51. The zero-order valence-corrected chi connectivity index (χ0v) is 14.2. The van der Waals surface area contributed by atoms with Crippen molar-refractivity contribution in [3.05, 3.63) is 0 Å². The molecule has 0 aromatic carbocycles. The Morgan fingerprint density at radius 3 is 2.71 bits per heavy atom. The second-order valence-corrected chi connectivity index (χ2v) is 8.23. The summed E-state index contributed by atoms with van der Waals surface area (Å²) in [7, 11) is -3.40. The Kier molecular flexibility index (Phi) is 6.02. The van der Waals surface area contributed by atoms with Crippen LogP contribution in [0.3, 0.4) is 0 Å². The van der Waals surface area contributed by atoms with Gasteiger partial charge in [0.1, 0.15) is 0 Å². The van der Waals surface area contributed by atoms with Gasteiger partial charge in [-0.3, -0.25) is 0 Å². The highest BCUT2D eigenvalue weighted by Crippen LogP contribution is 2.20. The smallest absolute Gasteiger partial charge is 0.279 e. The van der Waals surface area contributed by atoms with Gasteiger partial charge in [0.15, 0.2) is 0 Å². The standard InChI is InChI=1S/C14H29N3O3S/c1-11(2)15-9-13-5-4-7-17(10-13)21(18,19)16-14-6-8-20-12(14)3/h11-16H,4-10H2,1-3H3. The van der Waals surface area contributed by atoms with Crippen LogP contribution in [0, 0.1) is 5.92 Å². The quantitative estimate of drug-likeness (QED) is 0.756. The third-order valence-corrected chi connectivity index (χ3v) is 5.93. The number of rotatable bonds is 6. The van der Waals surface area contributed by atoms with E-state index < -0.39 is 10.2 Å². The van der Waals surface area contributed by atoms with Crippen LogP contribution < -0.4 is 10.0 Å². The zero-order valence-electron chi connectivity index (χ0n) is 13.3. The molecular formula is C14H29N3O3S. The Morgan fingerprint density at radius 1 is 1.33 bits per heavy atom. The van der Waals surface area contributed by atoms with Crippen LogP contribution in [-0.4, -0.2) is 57.2 Å². The number of ether oxygens (including phenoxy) is 1. The summed E-state index contributed by atoms with van der Waals surface area (Å²) < 4.78 is 34.9. The van der Waals surface area contributed by atoms with Crippen LogP contribution in [0.25, 0.3) is 0 Å². The third-order valence-electron chi connectivity index (χ3n) is 4.31. The van der Waals surface area contributed by atoms with E-state index in [0.717, 1.165) is 25.8 Å². The first-order chi connectivity index (χ1) is 9.88. The number of piperidine rings is 1. The Labute approximate surface area is 128 Å². The molecule has 0 aromatic rings. The predicted molar refractivity (Wildman–Crippen MR) is 83.3 cm³/mol. The molecule has 2 saturated heterocycles. The first-order valence-electron chi connectivity index (χ1n) is 8.01. The van der Waals surface area contributed by atoms with Crippen molar-refractivity contribution in [1.82, 2.24) is 14.3 Å². The lowest BCUT2D eigenvalue weighted by Gasteiger charge is -2.33. The van der Waals surface area contributed by atoms with Crippen molar-refractivity contribution in [2.75, 3.05) is 26.2 Å². The van der Waals surface area contributed by atoms with Gasteiger partial charge in [0, 0.05) is 25.7 Å². The number of hydrogen-bond donors (Lipinski definition) is 2. The van der Waals surface area contributed by atoms with Gasteiger partial charge >= 0.3 is 0 Å². The molecule has 2 N–H and O–H groups in total. The lowest BCUT2D eigenvalue weighted by molar-refractivity contribution is 0.116. The summed E-state index contributed by atoms with van der Waals surface area (Å²) in [6.07, 6.45) is 2.74. The summed E-state index contributed by atoms with van der Waals surface area (Å²) in [5, 5.41) is 3.41. The van der Waals surface area contributed by atoms with Crippen LogP contribution in [0.1, 0.15) is 40.0 Å². The first-order valence-corrected chi connectivity index (χ1v) is 9.45. The maximum atomic E-state index is 12.5. The molecule has 2 rings (SSSR count). The molecule has 124 valence electrons. The maximum absolute atomic E-state index is 12.5. The predicted octanol–water partition coefficient (Wildman–Crippen LogP) is 0.708. The zero-order chi connectivity index (χ0) is 15.5. The maximum Gasteiger partial charge on any atom is 0.279 e. The van der Waals surface area contributed by atoms with E-state index in [1.165, 1.54) is 0 Å². The van der Waals surface area contributed by atoms with Crippen LogP contribution in [0.2, 0.25) is 0 Å². The summed E-state index contributed by atoms with van der Waals surface area (Å²) >= 11 is 0. The third kappa shape index (κ3) is 4.89. The molecule has 0 aromatic heterocycles. The Hall–Kier alpha value is -0.210. The van der Waals surface area contributed by atoms with Gasteiger partial charge in [-0.15, -0.1) is 0 Å². The molecule has 0 aliphatic carbocycles. The molecule has 3 atom stereocenters. The van der Waals surface area contributed by atoms with Crippen LogP contribution in [0.15, 0.2) is 0 Å². The summed E-state index contributed by atoms with van der Waals surface area (Å²) in [4.78, 5) is 0. The van der Waals surface area contributed by atoms with Gasteiger partial charge in [-0.1, -0.05) is 13.8 Å². The molecule has 0 bridgehead atoms. The van der Waals surface area contributed by atoms with Crippen molar-refractivity contribution in [3.63, 3.8) is 0 Å². The van der Waals surface area contributed by atoms with Crippen molar-refractivity contribution >= 4 is 10.2 Å². The number of nitrogens with zero attached hydrogens (tertiary/aromatic N) is 1. The highest BCUT2D eigenvalue weighted by molar-refractivity contribution is 7.87. The summed E-state index contributed by atoms with van der Waals surface area (Å²) in [6, 6.07) is 0.343. The Balaban J connectivity index is 1.89. The molecule has 7 heteroatoms. The average molecular weight is 319 g/mol. The van der Waals surface area contributed by atoms with Crippen molar-refractivity contribution in [2.45, 2.75) is 58.2 Å². The van der Waals surface area contributed by atoms with Crippen molar-refractivity contribution in [2.24, 2.45) is 5.92 Å². The monoisotopic (exact) mass is 319 g/mol.